The van der Waals surface area contributed by atoms with Gasteiger partial charge in [-0.15, -0.1) is 0 Å². The fourth-order valence-corrected chi connectivity index (χ4v) is 7.55. The first kappa shape index (κ1) is 30.7. The summed E-state index contributed by atoms with van der Waals surface area (Å²) in [6.45, 7) is 3.03. The van der Waals surface area contributed by atoms with Gasteiger partial charge >= 0.3 is 0 Å². The average Bonchev–Trinajstić information content (AvgIpc) is 3.03. The van der Waals surface area contributed by atoms with Crippen LogP contribution in [0.4, 0.5) is 5.82 Å². The molecule has 42 heavy (non-hydrogen) atoms. The number of carbonyl (C=O) groups is 1. The van der Waals surface area contributed by atoms with Crippen molar-refractivity contribution >= 4 is 21.7 Å². The van der Waals surface area contributed by atoms with Crippen LogP contribution in [0.2, 0.25) is 0 Å². The molecule has 1 amide bonds. The lowest BCUT2D eigenvalue weighted by atomic mass is 9.81. The summed E-state index contributed by atoms with van der Waals surface area (Å²) in [5.41, 5.74) is 8.31. The average molecular weight is 600 g/mol. The minimum Gasteiger partial charge on any atom is -0.491 e. The highest BCUT2D eigenvalue weighted by molar-refractivity contribution is 7.88. The van der Waals surface area contributed by atoms with Crippen LogP contribution in [0, 0.1) is 0 Å². The third-order valence-corrected chi connectivity index (χ3v) is 10.7. The Balaban J connectivity index is 1.14. The fourth-order valence-electron chi connectivity index (χ4n) is 6.80. The molecule has 3 heterocycles. The standard InChI is InChI=1S/C30H45N7O4S/c1-35(42(3,39)40)25-12-16-36(17-13-25)26-14-18-37(19-15-26)30(38)27-28(41-2)29(32-21-31-27)34-33-24-11-7-10-23(20-24)22-8-5-4-6-9-22/h4-6,8-9,21,23-26,33H,7,10-20H2,1-3H3,(H,31,32,34). The molecule has 11 nitrogen and oxygen atoms in total. The van der Waals surface area contributed by atoms with E-state index in [4.69, 9.17) is 4.74 Å². The van der Waals surface area contributed by atoms with Crippen LogP contribution < -0.4 is 15.6 Å². The Hall–Kier alpha value is -2.80. The van der Waals surface area contributed by atoms with Gasteiger partial charge in [-0.2, -0.15) is 0 Å². The van der Waals surface area contributed by atoms with Crippen LogP contribution in [0.1, 0.15) is 73.3 Å². The highest BCUT2D eigenvalue weighted by Gasteiger charge is 2.34. The minimum absolute atomic E-state index is 0.0591. The van der Waals surface area contributed by atoms with Gasteiger partial charge in [0.15, 0.2) is 17.3 Å². The number of sulfonamides is 1. The quantitative estimate of drug-likeness (QED) is 0.419. The number of benzene rings is 1. The number of likely N-dealkylation sites (tertiary alicyclic amines) is 2. The van der Waals surface area contributed by atoms with Crippen molar-refractivity contribution in [1.82, 2.24) is 29.5 Å². The maximum Gasteiger partial charge on any atom is 0.276 e. The van der Waals surface area contributed by atoms with Crippen molar-refractivity contribution in [2.75, 3.05) is 52.0 Å². The van der Waals surface area contributed by atoms with Gasteiger partial charge in [0.25, 0.3) is 5.91 Å². The first-order valence-electron chi connectivity index (χ1n) is 15.2. The Kier molecular flexibility index (Phi) is 9.97. The molecule has 1 aliphatic carbocycles. The number of carbonyl (C=O) groups excluding carboxylic acids is 1. The summed E-state index contributed by atoms with van der Waals surface area (Å²) in [5, 5.41) is 0. The molecular formula is C30H45N7O4S. The van der Waals surface area contributed by atoms with E-state index in [1.165, 1.54) is 28.9 Å². The van der Waals surface area contributed by atoms with E-state index in [2.05, 4.69) is 56.1 Å². The van der Waals surface area contributed by atoms with Crippen LogP contribution in [0.5, 0.6) is 5.75 Å². The maximum atomic E-state index is 13.6. The van der Waals surface area contributed by atoms with Gasteiger partial charge < -0.3 is 20.0 Å². The van der Waals surface area contributed by atoms with Crippen LogP contribution in [0.15, 0.2) is 36.7 Å². The zero-order valence-corrected chi connectivity index (χ0v) is 25.9. The van der Waals surface area contributed by atoms with Crippen LogP contribution in [-0.2, 0) is 10.0 Å². The number of hydrogen-bond donors (Lipinski definition) is 2. The van der Waals surface area contributed by atoms with Gasteiger partial charge in [0, 0.05) is 38.3 Å². The highest BCUT2D eigenvalue weighted by atomic mass is 32.2. The van der Waals surface area contributed by atoms with E-state index in [-0.39, 0.29) is 23.7 Å². The van der Waals surface area contributed by atoms with E-state index < -0.39 is 10.0 Å². The Morgan fingerprint density at radius 3 is 2.38 bits per heavy atom. The normalized spacial score (nSPS) is 23.2. The molecule has 2 N–H and O–H groups in total. The van der Waals surface area contributed by atoms with Crippen LogP contribution in [0.3, 0.4) is 0 Å². The molecular weight excluding hydrogens is 554 g/mol. The van der Waals surface area contributed by atoms with Crippen molar-refractivity contribution in [3.63, 3.8) is 0 Å². The zero-order chi connectivity index (χ0) is 29.7. The smallest absolute Gasteiger partial charge is 0.276 e. The molecule has 2 atom stereocenters. The Labute approximate surface area is 250 Å². The second-order valence-electron chi connectivity index (χ2n) is 11.9. The zero-order valence-electron chi connectivity index (χ0n) is 25.0. The highest BCUT2D eigenvalue weighted by Crippen LogP contribution is 2.33. The van der Waals surface area contributed by atoms with Crippen molar-refractivity contribution in [3.8, 4) is 5.75 Å². The van der Waals surface area contributed by atoms with Crippen molar-refractivity contribution in [2.45, 2.75) is 75.4 Å². The van der Waals surface area contributed by atoms with Crippen molar-refractivity contribution in [3.05, 3.63) is 47.9 Å². The van der Waals surface area contributed by atoms with Crippen molar-refractivity contribution in [2.24, 2.45) is 0 Å². The number of rotatable bonds is 9. The molecule has 1 aromatic heterocycles. The maximum absolute atomic E-state index is 13.6. The number of ether oxygens (including phenoxy) is 1. The number of aromatic nitrogens is 2. The number of hydrogen-bond acceptors (Lipinski definition) is 9. The summed E-state index contributed by atoms with van der Waals surface area (Å²) in [7, 11) is 0.0436. The summed E-state index contributed by atoms with van der Waals surface area (Å²) in [5.74, 6) is 1.19. The van der Waals surface area contributed by atoms with E-state index in [0.717, 1.165) is 58.0 Å². The molecule has 12 heteroatoms. The molecule has 3 aliphatic rings. The van der Waals surface area contributed by atoms with E-state index in [9.17, 15) is 13.2 Å². The van der Waals surface area contributed by atoms with E-state index in [1.54, 1.807) is 14.2 Å². The topological polar surface area (TPSA) is 120 Å². The summed E-state index contributed by atoms with van der Waals surface area (Å²) in [4.78, 5) is 26.6. The molecule has 0 radical (unpaired) electrons. The van der Waals surface area contributed by atoms with Gasteiger partial charge in [-0.25, -0.2) is 28.1 Å². The van der Waals surface area contributed by atoms with Gasteiger partial charge in [-0.3, -0.25) is 4.79 Å². The summed E-state index contributed by atoms with van der Waals surface area (Å²) < 4.78 is 31.0. The van der Waals surface area contributed by atoms with Gasteiger partial charge in [0.2, 0.25) is 10.0 Å². The molecule has 1 aromatic carbocycles. The van der Waals surface area contributed by atoms with Gasteiger partial charge in [0.1, 0.15) is 6.33 Å². The molecule has 2 saturated heterocycles. The lowest BCUT2D eigenvalue weighted by Crippen LogP contribution is -2.52. The van der Waals surface area contributed by atoms with Crippen LogP contribution >= 0.6 is 0 Å². The van der Waals surface area contributed by atoms with E-state index >= 15 is 0 Å². The number of amides is 1. The van der Waals surface area contributed by atoms with E-state index in [0.29, 0.717) is 36.6 Å². The second-order valence-corrected chi connectivity index (χ2v) is 14.0. The molecule has 0 bridgehead atoms. The van der Waals surface area contributed by atoms with Crippen molar-refractivity contribution < 1.29 is 17.9 Å². The monoisotopic (exact) mass is 599 g/mol. The lowest BCUT2D eigenvalue weighted by Gasteiger charge is -2.43. The number of methoxy groups -OCH3 is 1. The minimum atomic E-state index is -3.18. The largest absolute Gasteiger partial charge is 0.491 e. The third-order valence-electron chi connectivity index (χ3n) is 9.35. The molecule has 230 valence electrons. The summed E-state index contributed by atoms with van der Waals surface area (Å²) in [6.07, 6.45) is 10.5. The first-order valence-corrected chi connectivity index (χ1v) is 17.0. The molecule has 0 spiro atoms. The molecule has 3 fully saturated rings. The fraction of sp³-hybridized carbons (Fsp3) is 0.633. The number of anilines is 1. The molecule has 5 rings (SSSR count). The van der Waals surface area contributed by atoms with Gasteiger partial charge in [-0.1, -0.05) is 36.8 Å². The van der Waals surface area contributed by atoms with Gasteiger partial charge in [-0.05, 0) is 69.5 Å². The predicted molar refractivity (Wildman–Crippen MR) is 163 cm³/mol. The van der Waals surface area contributed by atoms with Crippen LogP contribution in [0.25, 0.3) is 0 Å². The van der Waals surface area contributed by atoms with Crippen molar-refractivity contribution in [1.29, 1.82) is 0 Å². The van der Waals surface area contributed by atoms with Gasteiger partial charge in [0.05, 0.1) is 13.4 Å². The molecule has 1 saturated carbocycles. The Morgan fingerprint density at radius 2 is 1.71 bits per heavy atom. The predicted octanol–water partition coefficient (Wildman–Crippen LogP) is 3.09. The second kappa shape index (κ2) is 13.7. The molecule has 2 unspecified atom stereocenters. The summed E-state index contributed by atoms with van der Waals surface area (Å²) in [6, 6.07) is 11.4. The Bertz CT molecular complexity index is 1300. The Morgan fingerprint density at radius 1 is 1.00 bits per heavy atom. The SMILES string of the molecule is COc1c(NNC2CCCC(c3ccccc3)C2)ncnc1C(=O)N1CCC(N2CCC(N(C)S(C)(=O)=O)CC2)CC1. The molecule has 2 aromatic rings. The van der Waals surface area contributed by atoms with E-state index in [1.807, 2.05) is 4.90 Å². The number of nitrogens with one attached hydrogen (secondary N) is 2. The number of hydrazine groups is 1. The lowest BCUT2D eigenvalue weighted by molar-refractivity contribution is 0.0540. The first-order chi connectivity index (χ1) is 20.2. The van der Waals surface area contributed by atoms with Crippen LogP contribution in [-0.4, -0.2) is 103 Å². The number of piperidine rings is 2. The molecule has 2 aliphatic heterocycles. The third kappa shape index (κ3) is 7.21. The number of nitrogens with zero attached hydrogens (tertiary/aromatic N) is 5. The summed E-state index contributed by atoms with van der Waals surface area (Å²) >= 11 is 0.